The molecule has 1 rings (SSSR count). The van der Waals surface area contributed by atoms with Crippen LogP contribution < -0.4 is 5.32 Å². The van der Waals surface area contributed by atoms with Crippen LogP contribution in [0, 0.1) is 26.7 Å². The Morgan fingerprint density at radius 2 is 1.69 bits per heavy atom. The summed E-state index contributed by atoms with van der Waals surface area (Å²) in [5.41, 5.74) is 1.62. The molecule has 0 fully saturated rings. The summed E-state index contributed by atoms with van der Waals surface area (Å²) >= 11 is 0. The predicted molar refractivity (Wildman–Crippen MR) is 64.7 cm³/mol. The Hall–Kier alpha value is -1.25. The van der Waals surface area contributed by atoms with Crippen LogP contribution in [0.2, 0.25) is 0 Å². The van der Waals surface area contributed by atoms with Crippen LogP contribution in [0.4, 0.5) is 0 Å². The molecule has 3 nitrogen and oxygen atoms in total. The van der Waals surface area contributed by atoms with E-state index in [-0.39, 0.29) is 11.9 Å². The first kappa shape index (κ1) is 12.8. The quantitative estimate of drug-likeness (QED) is 0.856. The van der Waals surface area contributed by atoms with Gasteiger partial charge in [-0.3, -0.25) is 4.79 Å². The molecule has 1 aromatic heterocycles. The van der Waals surface area contributed by atoms with Gasteiger partial charge >= 0.3 is 0 Å². The molecule has 0 saturated carbocycles. The van der Waals surface area contributed by atoms with Gasteiger partial charge in [0.1, 0.15) is 11.5 Å². The zero-order valence-corrected chi connectivity index (χ0v) is 11.0. The summed E-state index contributed by atoms with van der Waals surface area (Å²) in [7, 11) is 0. The number of carbonyl (C=O) groups excluding carboxylic acids is 1. The van der Waals surface area contributed by atoms with E-state index in [1.165, 1.54) is 0 Å². The summed E-state index contributed by atoms with van der Waals surface area (Å²) in [6, 6.07) is 0.168. The molecule has 0 radical (unpaired) electrons. The molecule has 1 unspecified atom stereocenters. The maximum Gasteiger partial charge on any atom is 0.255 e. The minimum Gasteiger partial charge on any atom is -0.466 e. The molecule has 90 valence electrons. The number of rotatable bonds is 3. The van der Waals surface area contributed by atoms with Gasteiger partial charge in [0.2, 0.25) is 0 Å². The topological polar surface area (TPSA) is 42.2 Å². The van der Waals surface area contributed by atoms with Crippen molar-refractivity contribution in [2.24, 2.45) is 5.92 Å². The van der Waals surface area contributed by atoms with Crippen LogP contribution in [0.1, 0.15) is 48.2 Å². The van der Waals surface area contributed by atoms with Crippen LogP contribution in [0.5, 0.6) is 0 Å². The monoisotopic (exact) mass is 223 g/mol. The predicted octanol–water partition coefficient (Wildman–Crippen LogP) is 2.98. The van der Waals surface area contributed by atoms with E-state index in [4.69, 9.17) is 4.42 Å². The summed E-state index contributed by atoms with van der Waals surface area (Å²) < 4.78 is 5.45. The zero-order chi connectivity index (χ0) is 12.5. The number of aryl methyl sites for hydroxylation is 2. The molecule has 16 heavy (non-hydrogen) atoms. The Balaban J connectivity index is 2.89. The van der Waals surface area contributed by atoms with E-state index in [1.807, 2.05) is 27.7 Å². The standard InChI is InChI=1S/C13H21NO2/c1-7(2)9(4)14-13(15)12-8(3)10(5)16-11(12)6/h7,9H,1-6H3,(H,14,15). The zero-order valence-electron chi connectivity index (χ0n) is 11.0. The van der Waals surface area contributed by atoms with E-state index in [1.54, 1.807) is 0 Å². The number of amides is 1. The van der Waals surface area contributed by atoms with E-state index < -0.39 is 0 Å². The maximum atomic E-state index is 12.0. The van der Waals surface area contributed by atoms with E-state index in [2.05, 4.69) is 19.2 Å². The van der Waals surface area contributed by atoms with E-state index in [9.17, 15) is 4.79 Å². The average molecular weight is 223 g/mol. The Bertz CT molecular complexity index is 391. The average Bonchev–Trinajstić information content (AvgIpc) is 2.40. The Kier molecular flexibility index (Phi) is 3.79. The van der Waals surface area contributed by atoms with Gasteiger partial charge in [0.25, 0.3) is 5.91 Å². The highest BCUT2D eigenvalue weighted by Gasteiger charge is 2.20. The van der Waals surface area contributed by atoms with Crippen molar-refractivity contribution in [3.8, 4) is 0 Å². The van der Waals surface area contributed by atoms with Crippen molar-refractivity contribution in [1.82, 2.24) is 5.32 Å². The van der Waals surface area contributed by atoms with Gasteiger partial charge in [0.05, 0.1) is 5.56 Å². The van der Waals surface area contributed by atoms with Gasteiger partial charge in [-0.2, -0.15) is 0 Å². The summed E-state index contributed by atoms with van der Waals surface area (Å²) in [5, 5.41) is 2.99. The molecule has 0 saturated heterocycles. The van der Waals surface area contributed by atoms with Crippen molar-refractivity contribution < 1.29 is 9.21 Å². The number of furan rings is 1. The normalized spacial score (nSPS) is 12.9. The van der Waals surface area contributed by atoms with Gasteiger partial charge in [0, 0.05) is 11.6 Å². The lowest BCUT2D eigenvalue weighted by atomic mass is 10.0. The second-order valence-electron chi connectivity index (χ2n) is 4.72. The van der Waals surface area contributed by atoms with Gasteiger partial charge in [-0.1, -0.05) is 13.8 Å². The highest BCUT2D eigenvalue weighted by Crippen LogP contribution is 2.20. The van der Waals surface area contributed by atoms with Crippen LogP contribution in [-0.4, -0.2) is 11.9 Å². The minimum absolute atomic E-state index is 0.0342. The van der Waals surface area contributed by atoms with Gasteiger partial charge in [-0.05, 0) is 33.6 Å². The molecule has 0 spiro atoms. The number of hydrogen-bond donors (Lipinski definition) is 1. The first-order valence-electron chi connectivity index (χ1n) is 5.72. The summed E-state index contributed by atoms with van der Waals surface area (Å²) in [5.74, 6) is 1.91. The molecular weight excluding hydrogens is 202 g/mol. The Morgan fingerprint density at radius 1 is 1.12 bits per heavy atom. The van der Waals surface area contributed by atoms with Crippen molar-refractivity contribution in [1.29, 1.82) is 0 Å². The molecule has 3 heteroatoms. The molecule has 0 aliphatic heterocycles. The van der Waals surface area contributed by atoms with Crippen molar-refractivity contribution in [2.75, 3.05) is 0 Å². The van der Waals surface area contributed by atoms with Crippen molar-refractivity contribution >= 4 is 5.91 Å². The van der Waals surface area contributed by atoms with Gasteiger partial charge in [-0.15, -0.1) is 0 Å². The lowest BCUT2D eigenvalue weighted by Crippen LogP contribution is -2.36. The third kappa shape index (κ3) is 2.46. The number of hydrogen-bond acceptors (Lipinski definition) is 2. The highest BCUT2D eigenvalue weighted by atomic mass is 16.3. The lowest BCUT2D eigenvalue weighted by molar-refractivity contribution is 0.0928. The molecule has 0 aromatic carbocycles. The van der Waals surface area contributed by atoms with Crippen LogP contribution in [0.25, 0.3) is 0 Å². The van der Waals surface area contributed by atoms with Gasteiger partial charge in [-0.25, -0.2) is 0 Å². The van der Waals surface area contributed by atoms with Crippen molar-refractivity contribution in [2.45, 2.75) is 47.6 Å². The van der Waals surface area contributed by atoms with Crippen molar-refractivity contribution in [3.63, 3.8) is 0 Å². The van der Waals surface area contributed by atoms with Gasteiger partial charge < -0.3 is 9.73 Å². The fourth-order valence-electron chi connectivity index (χ4n) is 1.57. The molecule has 1 aromatic rings. The number of nitrogens with one attached hydrogen (secondary N) is 1. The second-order valence-corrected chi connectivity index (χ2v) is 4.72. The first-order valence-corrected chi connectivity index (χ1v) is 5.72. The Morgan fingerprint density at radius 3 is 2.06 bits per heavy atom. The largest absolute Gasteiger partial charge is 0.466 e. The van der Waals surface area contributed by atoms with Crippen LogP contribution >= 0.6 is 0 Å². The molecule has 0 aliphatic carbocycles. The highest BCUT2D eigenvalue weighted by molar-refractivity contribution is 5.97. The molecule has 0 aliphatic rings. The van der Waals surface area contributed by atoms with E-state index in [0.29, 0.717) is 17.2 Å². The third-order valence-corrected chi connectivity index (χ3v) is 3.15. The maximum absolute atomic E-state index is 12.0. The van der Waals surface area contributed by atoms with Crippen molar-refractivity contribution in [3.05, 3.63) is 22.6 Å². The molecular formula is C13H21NO2. The van der Waals surface area contributed by atoms with Crippen LogP contribution in [0.3, 0.4) is 0 Å². The molecule has 1 heterocycles. The Labute approximate surface area is 97.2 Å². The molecule has 1 atom stereocenters. The fourth-order valence-corrected chi connectivity index (χ4v) is 1.57. The third-order valence-electron chi connectivity index (χ3n) is 3.15. The van der Waals surface area contributed by atoms with Crippen LogP contribution in [0.15, 0.2) is 4.42 Å². The second kappa shape index (κ2) is 4.73. The molecule has 1 amide bonds. The molecule has 1 N–H and O–H groups in total. The minimum atomic E-state index is -0.0342. The van der Waals surface area contributed by atoms with E-state index >= 15 is 0 Å². The van der Waals surface area contributed by atoms with Crippen LogP contribution in [-0.2, 0) is 0 Å². The lowest BCUT2D eigenvalue weighted by Gasteiger charge is -2.17. The first-order chi connectivity index (χ1) is 7.34. The van der Waals surface area contributed by atoms with E-state index in [0.717, 1.165) is 11.3 Å². The molecule has 0 bridgehead atoms. The summed E-state index contributed by atoms with van der Waals surface area (Å²) in [4.78, 5) is 12.0. The summed E-state index contributed by atoms with van der Waals surface area (Å²) in [6.45, 7) is 11.8. The van der Waals surface area contributed by atoms with Gasteiger partial charge in [0.15, 0.2) is 0 Å². The summed E-state index contributed by atoms with van der Waals surface area (Å²) in [6.07, 6.45) is 0. The smallest absolute Gasteiger partial charge is 0.255 e. The fraction of sp³-hybridized carbons (Fsp3) is 0.615. The SMILES string of the molecule is Cc1oc(C)c(C(=O)NC(C)C(C)C)c1C. The number of carbonyl (C=O) groups is 1.